The maximum atomic E-state index is 12.1. The molecule has 0 aliphatic carbocycles. The zero-order chi connectivity index (χ0) is 27.9. The van der Waals surface area contributed by atoms with E-state index < -0.39 is 24.3 Å². The SMILES string of the molecule is O=C(O)C(F)(F)F.O=C(O)C(F)(F)F.O=C1CC(c2ccncc2)C2(CCN(Cc3ccsc3)CC2)N1. The first-order valence-corrected chi connectivity index (χ1v) is 11.6. The van der Waals surface area contributed by atoms with Crippen LogP contribution in [0.1, 0.15) is 36.3 Å². The third-order valence-corrected chi connectivity index (χ3v) is 6.51. The van der Waals surface area contributed by atoms with E-state index in [1.807, 2.05) is 12.4 Å². The van der Waals surface area contributed by atoms with Gasteiger partial charge in [0.25, 0.3) is 0 Å². The first-order valence-electron chi connectivity index (χ1n) is 10.7. The van der Waals surface area contributed by atoms with Gasteiger partial charge in [-0.05, 0) is 52.9 Å². The summed E-state index contributed by atoms with van der Waals surface area (Å²) in [5.74, 6) is -5.04. The number of aliphatic carboxylic acids is 2. The Bertz CT molecular complexity index is 1020. The molecule has 2 aliphatic rings. The van der Waals surface area contributed by atoms with Gasteiger partial charge < -0.3 is 15.5 Å². The summed E-state index contributed by atoms with van der Waals surface area (Å²) >= 11 is 1.76. The third-order valence-electron chi connectivity index (χ3n) is 5.77. The van der Waals surface area contributed by atoms with Crippen LogP contribution in [0.3, 0.4) is 0 Å². The Hall–Kier alpha value is -3.20. The monoisotopic (exact) mass is 555 g/mol. The van der Waals surface area contributed by atoms with Crippen molar-refractivity contribution >= 4 is 29.2 Å². The van der Waals surface area contributed by atoms with E-state index in [4.69, 9.17) is 19.8 Å². The highest BCUT2D eigenvalue weighted by atomic mass is 32.1. The fourth-order valence-electron chi connectivity index (χ4n) is 4.05. The van der Waals surface area contributed by atoms with Gasteiger partial charge >= 0.3 is 24.3 Å². The van der Waals surface area contributed by atoms with Gasteiger partial charge in [-0.1, -0.05) is 0 Å². The number of likely N-dealkylation sites (tertiary alicyclic amines) is 1. The summed E-state index contributed by atoms with van der Waals surface area (Å²) in [5.41, 5.74) is 2.57. The van der Waals surface area contributed by atoms with Crippen LogP contribution in [0.25, 0.3) is 0 Å². The number of carbonyl (C=O) groups excluding carboxylic acids is 1. The van der Waals surface area contributed by atoms with Gasteiger partial charge in [0.15, 0.2) is 0 Å². The number of pyridine rings is 1. The number of carboxylic acid groups (broad SMARTS) is 2. The molecule has 0 radical (unpaired) electrons. The molecule has 1 unspecified atom stereocenters. The van der Waals surface area contributed by atoms with Crippen molar-refractivity contribution in [1.82, 2.24) is 15.2 Å². The van der Waals surface area contributed by atoms with E-state index in [1.54, 1.807) is 11.3 Å². The van der Waals surface area contributed by atoms with Gasteiger partial charge in [-0.3, -0.25) is 14.7 Å². The third kappa shape index (κ3) is 9.00. The molecule has 8 nitrogen and oxygen atoms in total. The van der Waals surface area contributed by atoms with Gasteiger partial charge in [0.1, 0.15) is 0 Å². The predicted octanol–water partition coefficient (Wildman–Crippen LogP) is 4.05. The molecule has 2 aliphatic heterocycles. The number of nitrogens with one attached hydrogen (secondary N) is 1. The zero-order valence-electron chi connectivity index (χ0n) is 19.1. The van der Waals surface area contributed by atoms with E-state index >= 15 is 0 Å². The number of amides is 1. The lowest BCUT2D eigenvalue weighted by Crippen LogP contribution is -2.53. The van der Waals surface area contributed by atoms with Crippen molar-refractivity contribution < 1.29 is 50.9 Å². The van der Waals surface area contributed by atoms with Crippen molar-refractivity contribution in [3.8, 4) is 0 Å². The van der Waals surface area contributed by atoms with Crippen LogP contribution < -0.4 is 5.32 Å². The number of thiophene rings is 1. The minimum absolute atomic E-state index is 0.0659. The number of rotatable bonds is 3. The Balaban J connectivity index is 0.000000286. The molecule has 2 aromatic heterocycles. The van der Waals surface area contributed by atoms with E-state index in [0.717, 1.165) is 32.5 Å². The smallest absolute Gasteiger partial charge is 0.475 e. The zero-order valence-corrected chi connectivity index (χ0v) is 19.9. The summed E-state index contributed by atoms with van der Waals surface area (Å²) in [5, 5.41) is 21.9. The minimum Gasteiger partial charge on any atom is -0.475 e. The molecule has 4 rings (SSSR count). The number of hydrogen-bond acceptors (Lipinski definition) is 6. The van der Waals surface area contributed by atoms with Crippen molar-refractivity contribution in [2.45, 2.75) is 49.6 Å². The predicted molar refractivity (Wildman–Crippen MR) is 119 cm³/mol. The normalized spacial score (nSPS) is 19.2. The van der Waals surface area contributed by atoms with Crippen LogP contribution >= 0.6 is 11.3 Å². The maximum absolute atomic E-state index is 12.1. The average Bonchev–Trinajstić information content (AvgIpc) is 3.43. The van der Waals surface area contributed by atoms with Crippen molar-refractivity contribution in [2.24, 2.45) is 0 Å². The van der Waals surface area contributed by atoms with E-state index in [9.17, 15) is 31.1 Å². The second-order valence-electron chi connectivity index (χ2n) is 8.26. The summed E-state index contributed by atoms with van der Waals surface area (Å²) in [7, 11) is 0. The molecule has 3 N–H and O–H groups in total. The van der Waals surface area contributed by atoms with Crippen LogP contribution in [0.15, 0.2) is 41.4 Å². The molecule has 0 aromatic carbocycles. The van der Waals surface area contributed by atoms with Gasteiger partial charge in [0.05, 0.1) is 0 Å². The number of hydrogen-bond donors (Lipinski definition) is 3. The molecule has 2 fully saturated rings. The van der Waals surface area contributed by atoms with Crippen molar-refractivity contribution in [3.63, 3.8) is 0 Å². The van der Waals surface area contributed by atoms with Crippen LogP contribution in [0, 0.1) is 0 Å². The van der Waals surface area contributed by atoms with Gasteiger partial charge in [0.2, 0.25) is 5.91 Å². The summed E-state index contributed by atoms with van der Waals surface area (Å²) in [4.78, 5) is 36.5. The number of alkyl halides is 6. The molecule has 0 saturated carbocycles. The van der Waals surface area contributed by atoms with Gasteiger partial charge in [0, 0.05) is 49.9 Å². The largest absolute Gasteiger partial charge is 0.490 e. The Morgan fingerprint density at radius 1 is 1.03 bits per heavy atom. The highest BCUT2D eigenvalue weighted by Crippen LogP contribution is 2.43. The number of nitrogens with zero attached hydrogens (tertiary/aromatic N) is 2. The van der Waals surface area contributed by atoms with E-state index in [2.05, 4.69) is 44.2 Å². The highest BCUT2D eigenvalue weighted by molar-refractivity contribution is 7.07. The number of halogens is 6. The lowest BCUT2D eigenvalue weighted by Gasteiger charge is -2.43. The molecule has 1 amide bonds. The Kier molecular flexibility index (Phi) is 10.0. The molecular formula is C22H23F6N3O5S. The molecule has 2 aromatic rings. The first kappa shape index (κ1) is 30.0. The number of carbonyl (C=O) groups is 3. The standard InChI is InChI=1S/C18H21N3OS.2C2HF3O2/c22-17-11-16(15-1-6-19-7-2-15)18(20-17)4-8-21(9-5-18)12-14-3-10-23-13-14;2*3-2(4,5)1(6)7/h1-3,6-7,10,13,16H,4-5,8-9,11-12H2,(H,20,22);2*(H,6,7). The molecule has 4 heterocycles. The molecule has 1 spiro atoms. The molecule has 0 bridgehead atoms. The molecular weight excluding hydrogens is 532 g/mol. The lowest BCUT2D eigenvalue weighted by molar-refractivity contribution is -0.193. The van der Waals surface area contributed by atoms with Crippen LogP contribution in [0.2, 0.25) is 0 Å². The second kappa shape index (κ2) is 12.4. The average molecular weight is 555 g/mol. The first-order chi connectivity index (χ1) is 17.1. The summed E-state index contributed by atoms with van der Waals surface area (Å²) in [6.07, 6.45) is -3.85. The Morgan fingerprint density at radius 3 is 1.97 bits per heavy atom. The number of piperidine rings is 1. The Labute approximate surface area is 210 Å². The molecule has 1 atom stereocenters. The van der Waals surface area contributed by atoms with Gasteiger partial charge in [-0.2, -0.15) is 37.7 Å². The summed E-state index contributed by atoms with van der Waals surface area (Å²) in [6, 6.07) is 6.32. The maximum Gasteiger partial charge on any atom is 0.490 e. The molecule has 15 heteroatoms. The van der Waals surface area contributed by atoms with E-state index in [1.165, 1.54) is 11.1 Å². The second-order valence-corrected chi connectivity index (χ2v) is 9.04. The molecule has 37 heavy (non-hydrogen) atoms. The quantitative estimate of drug-likeness (QED) is 0.489. The molecule has 2 saturated heterocycles. The number of aromatic nitrogens is 1. The fraction of sp³-hybridized carbons (Fsp3) is 0.455. The summed E-state index contributed by atoms with van der Waals surface area (Å²) < 4.78 is 63.5. The van der Waals surface area contributed by atoms with Crippen molar-refractivity contribution in [3.05, 3.63) is 52.5 Å². The van der Waals surface area contributed by atoms with Crippen LogP contribution in [-0.2, 0) is 20.9 Å². The minimum atomic E-state index is -5.08. The van der Waals surface area contributed by atoms with E-state index in [-0.39, 0.29) is 17.4 Å². The van der Waals surface area contributed by atoms with Crippen LogP contribution in [0.4, 0.5) is 26.3 Å². The highest BCUT2D eigenvalue weighted by Gasteiger charge is 2.48. The number of carboxylic acids is 2. The topological polar surface area (TPSA) is 120 Å². The lowest BCUT2D eigenvalue weighted by atomic mass is 9.74. The van der Waals surface area contributed by atoms with Crippen LogP contribution in [-0.4, -0.2) is 68.9 Å². The molecule has 204 valence electrons. The van der Waals surface area contributed by atoms with Crippen molar-refractivity contribution in [2.75, 3.05) is 13.1 Å². The van der Waals surface area contributed by atoms with Crippen LogP contribution in [0.5, 0.6) is 0 Å². The summed E-state index contributed by atoms with van der Waals surface area (Å²) in [6.45, 7) is 3.10. The van der Waals surface area contributed by atoms with Gasteiger partial charge in [-0.15, -0.1) is 0 Å². The van der Waals surface area contributed by atoms with E-state index in [0.29, 0.717) is 6.42 Å². The van der Waals surface area contributed by atoms with Gasteiger partial charge in [-0.25, -0.2) is 9.59 Å². The fourth-order valence-corrected chi connectivity index (χ4v) is 4.71. The Morgan fingerprint density at radius 2 is 1.54 bits per heavy atom. The van der Waals surface area contributed by atoms with Crippen molar-refractivity contribution in [1.29, 1.82) is 0 Å².